The Hall–Kier alpha value is -1.40. The number of hydrogen-bond donors (Lipinski definition) is 1. The maximum atomic E-state index is 5.67. The number of aromatic nitrogens is 1. The minimum Gasteiger partial charge on any atom is -0.490 e. The second-order valence-electron chi connectivity index (χ2n) is 4.12. The Morgan fingerprint density at radius 2 is 2.11 bits per heavy atom. The molecular formula is C13H14N2O2S2. The van der Waals surface area contributed by atoms with Gasteiger partial charge in [-0.25, -0.2) is 4.98 Å². The van der Waals surface area contributed by atoms with Crippen LogP contribution in [0.4, 0.5) is 5.13 Å². The Kier molecular flexibility index (Phi) is 3.79. The van der Waals surface area contributed by atoms with Crippen LogP contribution in [-0.2, 0) is 5.75 Å². The lowest BCUT2D eigenvalue weighted by molar-refractivity contribution is 0.297. The Morgan fingerprint density at radius 3 is 2.89 bits per heavy atom. The van der Waals surface area contributed by atoms with Crippen molar-refractivity contribution in [3.63, 3.8) is 0 Å². The van der Waals surface area contributed by atoms with Crippen LogP contribution in [0.1, 0.15) is 12.1 Å². The van der Waals surface area contributed by atoms with Crippen LogP contribution in [0.15, 0.2) is 28.5 Å². The molecule has 0 unspecified atom stereocenters. The molecule has 6 heteroatoms. The second kappa shape index (κ2) is 5.71. The van der Waals surface area contributed by atoms with E-state index < -0.39 is 0 Å². The van der Waals surface area contributed by atoms with Gasteiger partial charge in [-0.3, -0.25) is 0 Å². The summed E-state index contributed by atoms with van der Waals surface area (Å²) in [5, 5.41) is 2.61. The molecule has 0 radical (unpaired) electrons. The second-order valence-corrected chi connectivity index (χ2v) is 6.06. The van der Waals surface area contributed by atoms with E-state index in [0.29, 0.717) is 11.7 Å². The normalized spacial score (nSPS) is 14.1. The minimum absolute atomic E-state index is 0.620. The summed E-state index contributed by atoms with van der Waals surface area (Å²) < 4.78 is 11.3. The van der Waals surface area contributed by atoms with E-state index in [0.717, 1.165) is 40.9 Å². The first-order valence-corrected chi connectivity index (χ1v) is 7.90. The van der Waals surface area contributed by atoms with Gasteiger partial charge in [0, 0.05) is 22.4 Å². The van der Waals surface area contributed by atoms with Crippen molar-refractivity contribution >= 4 is 28.2 Å². The topological polar surface area (TPSA) is 57.4 Å². The van der Waals surface area contributed by atoms with Gasteiger partial charge in [-0.15, -0.1) is 23.1 Å². The van der Waals surface area contributed by atoms with Gasteiger partial charge in [0.2, 0.25) is 0 Å². The van der Waals surface area contributed by atoms with Crippen LogP contribution in [0.5, 0.6) is 11.5 Å². The fourth-order valence-electron chi connectivity index (χ4n) is 1.78. The number of nitrogens with two attached hydrogens (primary N) is 1. The molecule has 1 aromatic heterocycles. The van der Waals surface area contributed by atoms with Crippen LogP contribution < -0.4 is 15.2 Å². The average Bonchev–Trinajstić information content (AvgIpc) is 2.70. The molecular weight excluding hydrogens is 280 g/mol. The van der Waals surface area contributed by atoms with Crippen LogP contribution in [0, 0.1) is 0 Å². The number of ether oxygens (including phenoxy) is 2. The smallest absolute Gasteiger partial charge is 0.180 e. The Balaban J connectivity index is 1.69. The molecule has 2 N–H and O–H groups in total. The first kappa shape index (κ1) is 12.6. The molecule has 0 fully saturated rings. The predicted molar refractivity (Wildman–Crippen MR) is 78.1 cm³/mol. The first-order valence-electron chi connectivity index (χ1n) is 6.03. The number of benzene rings is 1. The summed E-state index contributed by atoms with van der Waals surface area (Å²) in [6.45, 7) is 1.43. The van der Waals surface area contributed by atoms with Crippen molar-refractivity contribution in [2.45, 2.75) is 17.1 Å². The molecule has 2 aromatic rings. The van der Waals surface area contributed by atoms with E-state index in [1.165, 1.54) is 11.3 Å². The highest BCUT2D eigenvalue weighted by Crippen LogP contribution is 2.35. The fraction of sp³-hybridized carbons (Fsp3) is 0.308. The Morgan fingerprint density at radius 1 is 1.26 bits per heavy atom. The third-order valence-electron chi connectivity index (χ3n) is 2.68. The quantitative estimate of drug-likeness (QED) is 0.881. The average molecular weight is 294 g/mol. The van der Waals surface area contributed by atoms with Crippen LogP contribution >= 0.6 is 23.1 Å². The Bertz CT molecular complexity index is 572. The maximum absolute atomic E-state index is 5.67. The first-order chi connectivity index (χ1) is 9.31. The molecule has 0 saturated carbocycles. The number of hydrogen-bond acceptors (Lipinski definition) is 6. The van der Waals surface area contributed by atoms with Gasteiger partial charge in [0.1, 0.15) is 0 Å². The van der Waals surface area contributed by atoms with Crippen molar-refractivity contribution < 1.29 is 9.47 Å². The van der Waals surface area contributed by atoms with Gasteiger partial charge in [-0.1, -0.05) is 0 Å². The van der Waals surface area contributed by atoms with Gasteiger partial charge < -0.3 is 15.2 Å². The SMILES string of the molecule is Nc1nc(CSc2ccc3c(c2)OCCCO3)cs1. The molecule has 19 heavy (non-hydrogen) atoms. The highest BCUT2D eigenvalue weighted by Gasteiger charge is 2.11. The van der Waals surface area contributed by atoms with Crippen LogP contribution in [0.3, 0.4) is 0 Å². The molecule has 4 nitrogen and oxygen atoms in total. The van der Waals surface area contributed by atoms with E-state index in [1.54, 1.807) is 11.8 Å². The summed E-state index contributed by atoms with van der Waals surface area (Å²) in [5.41, 5.74) is 6.63. The summed E-state index contributed by atoms with van der Waals surface area (Å²) in [5.74, 6) is 2.48. The van der Waals surface area contributed by atoms with E-state index in [-0.39, 0.29) is 0 Å². The van der Waals surface area contributed by atoms with Crippen molar-refractivity contribution in [3.05, 3.63) is 29.3 Å². The highest BCUT2D eigenvalue weighted by molar-refractivity contribution is 7.98. The summed E-state index contributed by atoms with van der Waals surface area (Å²) >= 11 is 3.19. The lowest BCUT2D eigenvalue weighted by Gasteiger charge is -2.08. The molecule has 1 aromatic carbocycles. The fourth-order valence-corrected chi connectivity index (χ4v) is 3.26. The molecule has 1 aliphatic rings. The summed E-state index contributed by atoms with van der Waals surface area (Å²) in [6, 6.07) is 6.05. The molecule has 0 spiro atoms. The van der Waals surface area contributed by atoms with Gasteiger partial charge >= 0.3 is 0 Å². The maximum Gasteiger partial charge on any atom is 0.180 e. The lowest BCUT2D eigenvalue weighted by atomic mass is 10.3. The van der Waals surface area contributed by atoms with Gasteiger partial charge in [-0.2, -0.15) is 0 Å². The molecule has 2 heterocycles. The number of thiazole rings is 1. The van der Waals surface area contributed by atoms with Crippen molar-refractivity contribution in [1.82, 2.24) is 4.98 Å². The van der Waals surface area contributed by atoms with Crippen molar-refractivity contribution in [2.24, 2.45) is 0 Å². The molecule has 0 atom stereocenters. The standard InChI is InChI=1S/C13H14N2O2S2/c14-13-15-9(8-19-13)7-18-10-2-3-11-12(6-10)17-5-1-4-16-11/h2-3,6,8H,1,4-5,7H2,(H2,14,15). The van der Waals surface area contributed by atoms with E-state index in [9.17, 15) is 0 Å². The number of thioether (sulfide) groups is 1. The van der Waals surface area contributed by atoms with E-state index in [4.69, 9.17) is 15.2 Å². The zero-order valence-electron chi connectivity index (χ0n) is 10.3. The van der Waals surface area contributed by atoms with Crippen molar-refractivity contribution in [2.75, 3.05) is 18.9 Å². The monoisotopic (exact) mass is 294 g/mol. The minimum atomic E-state index is 0.620. The largest absolute Gasteiger partial charge is 0.490 e. The number of fused-ring (bicyclic) bond motifs is 1. The lowest BCUT2D eigenvalue weighted by Crippen LogP contribution is -1.97. The van der Waals surface area contributed by atoms with E-state index in [1.807, 2.05) is 23.6 Å². The zero-order chi connectivity index (χ0) is 13.1. The molecule has 3 rings (SSSR count). The third kappa shape index (κ3) is 3.13. The van der Waals surface area contributed by atoms with Crippen LogP contribution in [-0.4, -0.2) is 18.2 Å². The van der Waals surface area contributed by atoms with Crippen LogP contribution in [0.25, 0.3) is 0 Å². The summed E-state index contributed by atoms with van der Waals surface area (Å²) in [4.78, 5) is 5.40. The number of rotatable bonds is 3. The van der Waals surface area contributed by atoms with E-state index in [2.05, 4.69) is 4.98 Å². The number of nitrogens with zero attached hydrogens (tertiary/aromatic N) is 1. The molecule has 0 aliphatic carbocycles. The zero-order valence-corrected chi connectivity index (χ0v) is 11.9. The van der Waals surface area contributed by atoms with Gasteiger partial charge in [0.25, 0.3) is 0 Å². The molecule has 100 valence electrons. The predicted octanol–water partition coefficient (Wildman–Crippen LogP) is 3.18. The van der Waals surface area contributed by atoms with Crippen molar-refractivity contribution in [3.8, 4) is 11.5 Å². The summed E-state index contributed by atoms with van der Waals surface area (Å²) in [7, 11) is 0. The van der Waals surface area contributed by atoms with Crippen LogP contribution in [0.2, 0.25) is 0 Å². The molecule has 0 bridgehead atoms. The van der Waals surface area contributed by atoms with Gasteiger partial charge in [0.15, 0.2) is 16.6 Å². The highest BCUT2D eigenvalue weighted by atomic mass is 32.2. The molecule has 1 aliphatic heterocycles. The van der Waals surface area contributed by atoms with Crippen molar-refractivity contribution in [1.29, 1.82) is 0 Å². The third-order valence-corrected chi connectivity index (χ3v) is 4.43. The molecule has 0 saturated heterocycles. The van der Waals surface area contributed by atoms with E-state index >= 15 is 0 Å². The Labute approximate surface area is 119 Å². The number of anilines is 1. The molecule has 0 amide bonds. The van der Waals surface area contributed by atoms with Gasteiger partial charge in [-0.05, 0) is 18.2 Å². The van der Waals surface area contributed by atoms with Gasteiger partial charge in [0.05, 0.1) is 18.9 Å². The summed E-state index contributed by atoms with van der Waals surface area (Å²) in [6.07, 6.45) is 0.926. The number of nitrogen functional groups attached to an aromatic ring is 1.